The quantitative estimate of drug-likeness (QED) is 0.931. The third-order valence-corrected chi connectivity index (χ3v) is 3.86. The first kappa shape index (κ1) is 12.8. The first-order valence-electron chi connectivity index (χ1n) is 7.01. The Morgan fingerprint density at radius 1 is 1.15 bits per heavy atom. The molecule has 1 aliphatic rings. The second-order valence-corrected chi connectivity index (χ2v) is 5.19. The minimum atomic E-state index is -1.02. The predicted octanol–water partition coefficient (Wildman–Crippen LogP) is 3.15. The molecule has 104 valence electrons. The van der Waals surface area contributed by atoms with Crippen LogP contribution in [0.5, 0.6) is 0 Å². The highest BCUT2D eigenvalue weighted by Gasteiger charge is 2.25. The molecule has 0 bridgehead atoms. The van der Waals surface area contributed by atoms with Gasteiger partial charge in [0.2, 0.25) is 0 Å². The SMILES string of the molecule is O=C(O)c1nnn(C2CCCCC2)c1-c1ccccc1. The van der Waals surface area contributed by atoms with Crippen molar-refractivity contribution in [1.82, 2.24) is 15.0 Å². The van der Waals surface area contributed by atoms with E-state index in [0.29, 0.717) is 5.69 Å². The van der Waals surface area contributed by atoms with E-state index in [1.54, 1.807) is 0 Å². The molecular weight excluding hydrogens is 254 g/mol. The summed E-state index contributed by atoms with van der Waals surface area (Å²) in [7, 11) is 0. The zero-order valence-corrected chi connectivity index (χ0v) is 11.2. The molecule has 1 aromatic carbocycles. The third kappa shape index (κ3) is 2.31. The lowest BCUT2D eigenvalue weighted by Crippen LogP contribution is -2.15. The molecule has 5 nitrogen and oxygen atoms in total. The number of carbonyl (C=O) groups is 1. The molecule has 1 aliphatic carbocycles. The molecule has 1 fully saturated rings. The number of carboxylic acids is 1. The van der Waals surface area contributed by atoms with Gasteiger partial charge in [0, 0.05) is 5.56 Å². The summed E-state index contributed by atoms with van der Waals surface area (Å²) in [5.41, 5.74) is 1.53. The van der Waals surface area contributed by atoms with Crippen LogP contribution in [0.15, 0.2) is 30.3 Å². The van der Waals surface area contributed by atoms with Crippen molar-refractivity contribution in [2.75, 3.05) is 0 Å². The Balaban J connectivity index is 2.08. The van der Waals surface area contributed by atoms with Crippen LogP contribution in [-0.4, -0.2) is 26.1 Å². The highest BCUT2D eigenvalue weighted by Crippen LogP contribution is 2.32. The Kier molecular flexibility index (Phi) is 3.50. The molecule has 5 heteroatoms. The Hall–Kier alpha value is -2.17. The van der Waals surface area contributed by atoms with Gasteiger partial charge in [-0.05, 0) is 12.8 Å². The monoisotopic (exact) mass is 271 g/mol. The van der Waals surface area contributed by atoms with Crippen LogP contribution in [0.25, 0.3) is 11.3 Å². The second-order valence-electron chi connectivity index (χ2n) is 5.19. The fourth-order valence-electron chi connectivity index (χ4n) is 2.88. The normalized spacial score (nSPS) is 16.2. The fourth-order valence-corrected chi connectivity index (χ4v) is 2.88. The van der Waals surface area contributed by atoms with Crippen LogP contribution in [0.2, 0.25) is 0 Å². The van der Waals surface area contributed by atoms with Gasteiger partial charge in [0.1, 0.15) is 5.69 Å². The standard InChI is InChI=1S/C15H17N3O2/c19-15(20)13-14(11-7-3-1-4-8-11)18(17-16-13)12-9-5-2-6-10-12/h1,3-4,7-8,12H,2,5-6,9-10H2,(H,19,20). The molecule has 20 heavy (non-hydrogen) atoms. The summed E-state index contributed by atoms with van der Waals surface area (Å²) >= 11 is 0. The summed E-state index contributed by atoms with van der Waals surface area (Å²) in [6.07, 6.45) is 5.67. The molecule has 2 aromatic rings. The van der Waals surface area contributed by atoms with E-state index in [4.69, 9.17) is 0 Å². The largest absolute Gasteiger partial charge is 0.476 e. The minimum absolute atomic E-state index is 0.0433. The van der Waals surface area contributed by atoms with Crippen molar-refractivity contribution < 1.29 is 9.90 Å². The van der Waals surface area contributed by atoms with Gasteiger partial charge >= 0.3 is 5.97 Å². The summed E-state index contributed by atoms with van der Waals surface area (Å²) in [5, 5.41) is 17.3. The number of aromatic carboxylic acids is 1. The predicted molar refractivity (Wildman–Crippen MR) is 74.5 cm³/mol. The molecule has 0 atom stereocenters. The van der Waals surface area contributed by atoms with Crippen molar-refractivity contribution in [3.8, 4) is 11.3 Å². The zero-order valence-electron chi connectivity index (χ0n) is 11.2. The lowest BCUT2D eigenvalue weighted by molar-refractivity contribution is 0.0691. The summed E-state index contributed by atoms with van der Waals surface area (Å²) < 4.78 is 1.82. The van der Waals surface area contributed by atoms with Gasteiger partial charge in [-0.3, -0.25) is 0 Å². The highest BCUT2D eigenvalue weighted by atomic mass is 16.4. The van der Waals surface area contributed by atoms with Crippen LogP contribution >= 0.6 is 0 Å². The van der Waals surface area contributed by atoms with Crippen molar-refractivity contribution in [2.24, 2.45) is 0 Å². The van der Waals surface area contributed by atoms with E-state index < -0.39 is 5.97 Å². The van der Waals surface area contributed by atoms with Gasteiger partial charge in [-0.25, -0.2) is 9.48 Å². The van der Waals surface area contributed by atoms with E-state index in [1.165, 1.54) is 19.3 Å². The molecule has 0 unspecified atom stereocenters. The van der Waals surface area contributed by atoms with Gasteiger partial charge in [-0.15, -0.1) is 5.10 Å². The zero-order chi connectivity index (χ0) is 13.9. The molecule has 0 saturated heterocycles. The number of aromatic nitrogens is 3. The molecule has 1 heterocycles. The summed E-state index contributed by atoms with van der Waals surface area (Å²) in [5.74, 6) is -1.02. The van der Waals surface area contributed by atoms with Crippen molar-refractivity contribution in [1.29, 1.82) is 0 Å². The van der Waals surface area contributed by atoms with Crippen LogP contribution in [0.1, 0.15) is 48.6 Å². The van der Waals surface area contributed by atoms with E-state index in [-0.39, 0.29) is 11.7 Å². The molecule has 1 aromatic heterocycles. The summed E-state index contributed by atoms with van der Waals surface area (Å²) in [6, 6.07) is 9.80. The van der Waals surface area contributed by atoms with E-state index in [1.807, 2.05) is 35.0 Å². The molecule has 0 amide bonds. The van der Waals surface area contributed by atoms with Crippen LogP contribution in [0.4, 0.5) is 0 Å². The minimum Gasteiger partial charge on any atom is -0.476 e. The van der Waals surface area contributed by atoms with Crippen LogP contribution in [0.3, 0.4) is 0 Å². The van der Waals surface area contributed by atoms with Crippen LogP contribution in [0, 0.1) is 0 Å². The lowest BCUT2D eigenvalue weighted by atomic mass is 9.95. The number of benzene rings is 1. The molecule has 0 aliphatic heterocycles. The van der Waals surface area contributed by atoms with Gasteiger partial charge in [0.15, 0.2) is 5.69 Å². The second kappa shape index (κ2) is 5.45. The van der Waals surface area contributed by atoms with Crippen LogP contribution in [-0.2, 0) is 0 Å². The molecule has 0 spiro atoms. The maximum absolute atomic E-state index is 11.4. The maximum atomic E-state index is 11.4. The molecule has 3 rings (SSSR count). The first-order chi connectivity index (χ1) is 9.77. The van der Waals surface area contributed by atoms with Gasteiger partial charge in [-0.2, -0.15) is 0 Å². The highest BCUT2D eigenvalue weighted by molar-refractivity contribution is 5.92. The Morgan fingerprint density at radius 2 is 1.85 bits per heavy atom. The van der Waals surface area contributed by atoms with Crippen molar-refractivity contribution in [3.05, 3.63) is 36.0 Å². The number of carboxylic acid groups (broad SMARTS) is 1. The number of rotatable bonds is 3. The smallest absolute Gasteiger partial charge is 0.358 e. The number of nitrogens with zero attached hydrogens (tertiary/aromatic N) is 3. The van der Waals surface area contributed by atoms with Crippen molar-refractivity contribution in [2.45, 2.75) is 38.1 Å². The molecule has 1 N–H and O–H groups in total. The molecular formula is C15H17N3O2. The molecule has 0 radical (unpaired) electrons. The van der Waals surface area contributed by atoms with E-state index in [2.05, 4.69) is 10.3 Å². The van der Waals surface area contributed by atoms with E-state index in [9.17, 15) is 9.90 Å². The topological polar surface area (TPSA) is 68.0 Å². The fraction of sp³-hybridized carbons (Fsp3) is 0.400. The van der Waals surface area contributed by atoms with Gasteiger partial charge in [0.25, 0.3) is 0 Å². The van der Waals surface area contributed by atoms with Gasteiger partial charge < -0.3 is 5.11 Å². The Morgan fingerprint density at radius 3 is 2.50 bits per heavy atom. The maximum Gasteiger partial charge on any atom is 0.358 e. The van der Waals surface area contributed by atoms with E-state index >= 15 is 0 Å². The first-order valence-corrected chi connectivity index (χ1v) is 7.01. The van der Waals surface area contributed by atoms with Gasteiger partial charge in [-0.1, -0.05) is 54.8 Å². The Labute approximate surface area is 117 Å². The lowest BCUT2D eigenvalue weighted by Gasteiger charge is -2.23. The number of hydrogen-bond donors (Lipinski definition) is 1. The van der Waals surface area contributed by atoms with Gasteiger partial charge in [0.05, 0.1) is 6.04 Å². The number of hydrogen-bond acceptors (Lipinski definition) is 3. The molecule has 1 saturated carbocycles. The van der Waals surface area contributed by atoms with Crippen molar-refractivity contribution in [3.63, 3.8) is 0 Å². The summed E-state index contributed by atoms with van der Waals surface area (Å²) in [6.45, 7) is 0. The average molecular weight is 271 g/mol. The third-order valence-electron chi connectivity index (χ3n) is 3.86. The Bertz CT molecular complexity index is 601. The van der Waals surface area contributed by atoms with Crippen LogP contribution < -0.4 is 0 Å². The summed E-state index contributed by atoms with van der Waals surface area (Å²) in [4.78, 5) is 11.4. The van der Waals surface area contributed by atoms with E-state index in [0.717, 1.165) is 18.4 Å². The average Bonchev–Trinajstić information content (AvgIpc) is 2.94. The van der Waals surface area contributed by atoms with Crippen molar-refractivity contribution >= 4 is 5.97 Å².